The average Bonchev–Trinajstić information content (AvgIpc) is 2.98. The highest BCUT2D eigenvalue weighted by Crippen LogP contribution is 2.34. The van der Waals surface area contributed by atoms with E-state index in [1.54, 1.807) is 26.0 Å². The van der Waals surface area contributed by atoms with Crippen molar-refractivity contribution >= 4 is 45.9 Å². The van der Waals surface area contributed by atoms with Crippen LogP contribution in [0.3, 0.4) is 0 Å². The van der Waals surface area contributed by atoms with Crippen LogP contribution in [0, 0.1) is 12.7 Å². The molecule has 2 amide bonds. The maximum absolute atomic E-state index is 12.9. The Kier molecular flexibility index (Phi) is 8.01. The van der Waals surface area contributed by atoms with Crippen LogP contribution in [0.4, 0.5) is 9.39 Å². The van der Waals surface area contributed by atoms with Gasteiger partial charge in [-0.15, -0.1) is 23.1 Å². The minimum atomic E-state index is -0.583. The van der Waals surface area contributed by atoms with Gasteiger partial charge in [0.2, 0.25) is 5.91 Å². The van der Waals surface area contributed by atoms with Crippen LogP contribution in [0.25, 0.3) is 0 Å². The van der Waals surface area contributed by atoms with Gasteiger partial charge in [0, 0.05) is 12.8 Å². The third-order valence-corrected chi connectivity index (χ3v) is 5.94. The van der Waals surface area contributed by atoms with Crippen molar-refractivity contribution in [2.75, 3.05) is 24.7 Å². The SMILES string of the molecule is CCOC(=O)c1c(NC(=O)CSCc2ccc(F)cc2)sc(C(=O)NC)c1C. The van der Waals surface area contributed by atoms with Crippen LogP contribution < -0.4 is 10.6 Å². The number of esters is 1. The molecular weight excluding hydrogens is 403 g/mol. The predicted molar refractivity (Wildman–Crippen MR) is 110 cm³/mol. The van der Waals surface area contributed by atoms with E-state index in [0.717, 1.165) is 16.9 Å². The number of thiophene rings is 1. The summed E-state index contributed by atoms with van der Waals surface area (Å²) in [6, 6.07) is 6.07. The molecule has 2 aromatic rings. The molecule has 0 bridgehead atoms. The fourth-order valence-electron chi connectivity index (χ4n) is 2.39. The lowest BCUT2D eigenvalue weighted by molar-refractivity contribution is -0.113. The highest BCUT2D eigenvalue weighted by Gasteiger charge is 2.26. The molecule has 6 nitrogen and oxygen atoms in total. The first-order chi connectivity index (χ1) is 13.4. The number of hydrogen-bond acceptors (Lipinski definition) is 6. The second kappa shape index (κ2) is 10.2. The van der Waals surface area contributed by atoms with E-state index in [-0.39, 0.29) is 35.6 Å². The summed E-state index contributed by atoms with van der Waals surface area (Å²) in [7, 11) is 1.50. The van der Waals surface area contributed by atoms with Crippen molar-refractivity contribution in [2.24, 2.45) is 0 Å². The summed E-state index contributed by atoms with van der Waals surface area (Å²) in [5.41, 5.74) is 1.57. The molecule has 0 atom stereocenters. The molecule has 2 rings (SSSR count). The van der Waals surface area contributed by atoms with E-state index < -0.39 is 5.97 Å². The second-order valence-electron chi connectivity index (χ2n) is 5.73. The van der Waals surface area contributed by atoms with E-state index in [0.29, 0.717) is 21.2 Å². The van der Waals surface area contributed by atoms with Crippen LogP contribution in [0.5, 0.6) is 0 Å². The minimum absolute atomic E-state index is 0.145. The first-order valence-corrected chi connectivity index (χ1v) is 10.5. The summed E-state index contributed by atoms with van der Waals surface area (Å²) >= 11 is 2.40. The van der Waals surface area contributed by atoms with Crippen LogP contribution in [-0.2, 0) is 15.3 Å². The lowest BCUT2D eigenvalue weighted by Crippen LogP contribution is -2.18. The highest BCUT2D eigenvalue weighted by molar-refractivity contribution is 7.99. The third kappa shape index (κ3) is 5.56. The van der Waals surface area contributed by atoms with E-state index in [1.165, 1.54) is 30.9 Å². The molecule has 28 heavy (non-hydrogen) atoms. The van der Waals surface area contributed by atoms with Gasteiger partial charge in [-0.1, -0.05) is 12.1 Å². The van der Waals surface area contributed by atoms with Gasteiger partial charge >= 0.3 is 5.97 Å². The molecule has 1 aromatic carbocycles. The Morgan fingerprint density at radius 1 is 1.21 bits per heavy atom. The highest BCUT2D eigenvalue weighted by atomic mass is 32.2. The number of thioether (sulfide) groups is 1. The summed E-state index contributed by atoms with van der Waals surface area (Å²) in [6.07, 6.45) is 0. The smallest absolute Gasteiger partial charge is 0.341 e. The van der Waals surface area contributed by atoms with Crippen molar-refractivity contribution in [3.63, 3.8) is 0 Å². The zero-order chi connectivity index (χ0) is 20.7. The van der Waals surface area contributed by atoms with Gasteiger partial charge in [-0.2, -0.15) is 0 Å². The second-order valence-corrected chi connectivity index (χ2v) is 7.73. The molecule has 1 aromatic heterocycles. The average molecular weight is 425 g/mol. The van der Waals surface area contributed by atoms with Gasteiger partial charge in [0.25, 0.3) is 5.91 Å². The molecule has 0 spiro atoms. The molecule has 0 unspecified atom stereocenters. The van der Waals surface area contributed by atoms with Gasteiger partial charge in [-0.05, 0) is 37.1 Å². The maximum atomic E-state index is 12.9. The third-order valence-electron chi connectivity index (χ3n) is 3.73. The first kappa shape index (κ1) is 21.9. The number of ether oxygens (including phenoxy) is 1. The van der Waals surface area contributed by atoms with Crippen LogP contribution in [0.15, 0.2) is 24.3 Å². The van der Waals surface area contributed by atoms with Gasteiger partial charge in [-0.25, -0.2) is 9.18 Å². The van der Waals surface area contributed by atoms with E-state index in [1.807, 2.05) is 0 Å². The molecule has 2 N–H and O–H groups in total. The lowest BCUT2D eigenvalue weighted by atomic mass is 10.1. The number of halogens is 1. The Labute approximate surface area is 170 Å². The van der Waals surface area contributed by atoms with Gasteiger partial charge in [0.05, 0.1) is 22.8 Å². The molecule has 0 aliphatic heterocycles. The topological polar surface area (TPSA) is 84.5 Å². The summed E-state index contributed by atoms with van der Waals surface area (Å²) in [5.74, 6) is -0.836. The molecule has 1 heterocycles. The standard InChI is InChI=1S/C19H21FN2O4S2/c1-4-26-19(25)15-11(2)16(17(24)21-3)28-18(15)22-14(23)10-27-9-12-5-7-13(20)8-6-12/h5-8H,4,9-10H2,1-3H3,(H,21,24)(H,22,23). The molecule has 0 aliphatic rings. The fraction of sp³-hybridized carbons (Fsp3) is 0.316. The van der Waals surface area contributed by atoms with Crippen molar-refractivity contribution in [1.82, 2.24) is 5.32 Å². The summed E-state index contributed by atoms with van der Waals surface area (Å²) in [5, 5.41) is 5.52. The minimum Gasteiger partial charge on any atom is -0.462 e. The van der Waals surface area contributed by atoms with Gasteiger partial charge in [0.1, 0.15) is 10.8 Å². The number of hydrogen-bond donors (Lipinski definition) is 2. The molecule has 0 aliphatic carbocycles. The summed E-state index contributed by atoms with van der Waals surface area (Å²) in [4.78, 5) is 37.0. The number of nitrogens with one attached hydrogen (secondary N) is 2. The molecular formula is C19H21FN2O4S2. The van der Waals surface area contributed by atoms with E-state index in [4.69, 9.17) is 4.74 Å². The largest absolute Gasteiger partial charge is 0.462 e. The van der Waals surface area contributed by atoms with Crippen LogP contribution in [-0.4, -0.2) is 37.2 Å². The van der Waals surface area contributed by atoms with Crippen molar-refractivity contribution in [1.29, 1.82) is 0 Å². The quantitative estimate of drug-likeness (QED) is 0.633. The summed E-state index contributed by atoms with van der Waals surface area (Å²) < 4.78 is 18.0. The van der Waals surface area contributed by atoms with Gasteiger partial charge in [-0.3, -0.25) is 9.59 Å². The Bertz CT molecular complexity index is 866. The van der Waals surface area contributed by atoms with E-state index >= 15 is 0 Å². The van der Waals surface area contributed by atoms with E-state index in [9.17, 15) is 18.8 Å². The molecule has 0 radical (unpaired) electrons. The number of amides is 2. The Balaban J connectivity index is 2.08. The Morgan fingerprint density at radius 2 is 1.89 bits per heavy atom. The number of carbonyl (C=O) groups is 3. The summed E-state index contributed by atoms with van der Waals surface area (Å²) in [6.45, 7) is 3.51. The van der Waals surface area contributed by atoms with Crippen molar-refractivity contribution < 1.29 is 23.5 Å². The van der Waals surface area contributed by atoms with Crippen LogP contribution >= 0.6 is 23.1 Å². The first-order valence-electron chi connectivity index (χ1n) is 8.52. The molecule has 0 saturated heterocycles. The van der Waals surface area contributed by atoms with Gasteiger partial charge < -0.3 is 15.4 Å². The van der Waals surface area contributed by atoms with Crippen molar-refractivity contribution in [3.05, 3.63) is 51.7 Å². The van der Waals surface area contributed by atoms with Gasteiger partial charge in [0.15, 0.2) is 0 Å². The van der Waals surface area contributed by atoms with Crippen molar-refractivity contribution in [2.45, 2.75) is 19.6 Å². The Hall–Kier alpha value is -2.39. The molecule has 0 saturated carbocycles. The number of rotatable bonds is 8. The monoisotopic (exact) mass is 424 g/mol. The van der Waals surface area contributed by atoms with Crippen LogP contribution in [0.2, 0.25) is 0 Å². The van der Waals surface area contributed by atoms with E-state index in [2.05, 4.69) is 10.6 Å². The predicted octanol–water partition coefficient (Wildman–Crippen LogP) is 3.60. The zero-order valence-corrected chi connectivity index (χ0v) is 17.4. The Morgan fingerprint density at radius 3 is 2.50 bits per heavy atom. The zero-order valence-electron chi connectivity index (χ0n) is 15.8. The number of anilines is 1. The molecule has 0 fully saturated rings. The molecule has 150 valence electrons. The maximum Gasteiger partial charge on any atom is 0.341 e. The lowest BCUT2D eigenvalue weighted by Gasteiger charge is -2.07. The van der Waals surface area contributed by atoms with Crippen molar-refractivity contribution in [3.8, 4) is 0 Å². The number of benzene rings is 1. The van der Waals surface area contributed by atoms with Crippen LogP contribution in [0.1, 0.15) is 38.1 Å². The fourth-order valence-corrected chi connectivity index (χ4v) is 4.33. The number of carbonyl (C=O) groups excluding carboxylic acids is 3. The molecule has 9 heteroatoms. The normalized spacial score (nSPS) is 10.4.